The van der Waals surface area contributed by atoms with Crippen LogP contribution < -0.4 is 0 Å². The summed E-state index contributed by atoms with van der Waals surface area (Å²) in [4.78, 5) is 16.9. The molecule has 1 aromatic carbocycles. The van der Waals surface area contributed by atoms with E-state index in [0.717, 1.165) is 17.3 Å². The summed E-state index contributed by atoms with van der Waals surface area (Å²) >= 11 is 0. The van der Waals surface area contributed by atoms with Crippen molar-refractivity contribution in [3.63, 3.8) is 0 Å². The van der Waals surface area contributed by atoms with E-state index in [4.69, 9.17) is 14.9 Å². The van der Waals surface area contributed by atoms with Gasteiger partial charge in [-0.3, -0.25) is 5.41 Å². The third kappa shape index (κ3) is 8.39. The maximum absolute atomic E-state index is 12.7. The minimum atomic E-state index is -0.586. The fourth-order valence-electron chi connectivity index (χ4n) is 3.63. The van der Waals surface area contributed by atoms with Crippen molar-refractivity contribution in [1.29, 1.82) is 5.41 Å². The van der Waals surface area contributed by atoms with Gasteiger partial charge < -0.3 is 9.47 Å². The molecule has 205 valence electrons. The third-order valence-electron chi connectivity index (χ3n) is 6.63. The number of amidine groups is 1. The summed E-state index contributed by atoms with van der Waals surface area (Å²) in [5.74, 6) is 0.197. The Morgan fingerprint density at radius 3 is 2.03 bits per heavy atom. The van der Waals surface area contributed by atoms with Crippen molar-refractivity contribution in [3.05, 3.63) is 53.6 Å². The average Bonchev–Trinajstić information content (AvgIpc) is 3.59. The Morgan fingerprint density at radius 2 is 1.59 bits per heavy atom. The van der Waals surface area contributed by atoms with E-state index in [1.807, 2.05) is 52.8 Å². The lowest BCUT2D eigenvalue weighted by molar-refractivity contribution is -0.0509. The quantitative estimate of drug-likeness (QED) is 0.324. The first-order valence-corrected chi connectivity index (χ1v) is 13.1. The van der Waals surface area contributed by atoms with Crippen molar-refractivity contribution in [1.82, 2.24) is 4.57 Å². The number of methoxy groups -OCH3 is 1. The summed E-state index contributed by atoms with van der Waals surface area (Å²) in [5.41, 5.74) is 4.14. The second-order valence-corrected chi connectivity index (χ2v) is 11.0. The summed E-state index contributed by atoms with van der Waals surface area (Å²) in [7, 11) is 1.77. The topological polar surface area (TPSA) is 76.7 Å². The maximum Gasteiger partial charge on any atom is 0.419 e. The van der Waals surface area contributed by atoms with Crippen LogP contribution in [0.4, 0.5) is 4.79 Å². The van der Waals surface area contributed by atoms with E-state index in [2.05, 4.69) is 58.2 Å². The molecule has 0 unspecified atom stereocenters. The molecule has 0 bridgehead atoms. The zero-order chi connectivity index (χ0) is 28.8. The molecule has 6 nitrogen and oxygen atoms in total. The van der Waals surface area contributed by atoms with Crippen LogP contribution in [0.5, 0.6) is 0 Å². The Hall–Kier alpha value is -2.73. The first-order chi connectivity index (χ1) is 17.0. The van der Waals surface area contributed by atoms with Crippen LogP contribution in [0.1, 0.15) is 94.3 Å². The molecule has 2 aromatic rings. The maximum atomic E-state index is 12.7. The smallest absolute Gasteiger partial charge is 0.419 e. The monoisotopic (exact) mass is 510 g/mol. The minimum absolute atomic E-state index is 0.0775. The summed E-state index contributed by atoms with van der Waals surface area (Å²) in [6.45, 7) is 23.7. The van der Waals surface area contributed by atoms with Crippen LogP contribution in [-0.4, -0.2) is 40.5 Å². The van der Waals surface area contributed by atoms with Crippen LogP contribution in [0, 0.1) is 17.2 Å². The predicted molar refractivity (Wildman–Crippen MR) is 157 cm³/mol. The molecular formula is C31H48N3O3. The van der Waals surface area contributed by atoms with Gasteiger partial charge in [0.05, 0.1) is 22.5 Å². The number of nitrogens with zero attached hydrogens (tertiary/aromatic N) is 2. The second-order valence-electron chi connectivity index (χ2n) is 11.0. The Kier molecular flexibility index (Phi) is 11.1. The highest BCUT2D eigenvalue weighted by Crippen LogP contribution is 2.46. The molecule has 0 saturated heterocycles. The predicted octanol–water partition coefficient (Wildman–Crippen LogP) is 8.40. The van der Waals surface area contributed by atoms with Gasteiger partial charge in [-0.2, -0.15) is 0 Å². The standard InChI is InChI=1S/C19H25N3O2.C10H17O.C2H6/c1-7-14-8-9-16-15(10-14)11-17(12(2)21-13(3)20)22(16)18(23)24-19(4,5)6;1-9(2,8-6-7-8)10(3,4)11-5;1-2/h8-11,20H,7H2,1-6H3;6-7H,1-5H3;1-2H3. The molecule has 1 aliphatic carbocycles. The normalized spacial score (nSPS) is 13.6. The van der Waals surface area contributed by atoms with E-state index in [9.17, 15) is 4.79 Å². The number of aliphatic imine (C=N–C) groups is 1. The number of aryl methyl sites for hydroxylation is 1. The lowest BCUT2D eigenvalue weighted by Gasteiger charge is -2.39. The molecule has 0 aliphatic heterocycles. The van der Waals surface area contributed by atoms with Gasteiger partial charge in [0, 0.05) is 24.3 Å². The molecule has 1 heterocycles. The number of benzene rings is 1. The van der Waals surface area contributed by atoms with Gasteiger partial charge in [0.1, 0.15) is 11.4 Å². The molecule has 0 saturated carbocycles. The first-order valence-electron chi connectivity index (χ1n) is 13.1. The lowest BCUT2D eigenvalue weighted by Crippen LogP contribution is -2.40. The molecule has 0 fully saturated rings. The zero-order valence-corrected chi connectivity index (χ0v) is 25.3. The van der Waals surface area contributed by atoms with Crippen molar-refractivity contribution < 1.29 is 14.3 Å². The first kappa shape index (κ1) is 32.3. The second kappa shape index (κ2) is 12.7. The fourth-order valence-corrected chi connectivity index (χ4v) is 3.63. The van der Waals surface area contributed by atoms with E-state index in [0.29, 0.717) is 11.4 Å². The molecule has 1 radical (unpaired) electrons. The molecular weight excluding hydrogens is 462 g/mol. The van der Waals surface area contributed by atoms with Crippen molar-refractivity contribution in [2.75, 3.05) is 7.11 Å². The van der Waals surface area contributed by atoms with Gasteiger partial charge in [-0.25, -0.2) is 14.4 Å². The van der Waals surface area contributed by atoms with Gasteiger partial charge >= 0.3 is 6.09 Å². The number of fused-ring (bicyclic) bond motifs is 1. The van der Waals surface area contributed by atoms with Crippen LogP contribution >= 0.6 is 0 Å². The van der Waals surface area contributed by atoms with Crippen molar-refractivity contribution >= 4 is 28.5 Å². The van der Waals surface area contributed by atoms with Crippen molar-refractivity contribution in [2.24, 2.45) is 10.4 Å². The van der Waals surface area contributed by atoms with Crippen LogP contribution in [-0.2, 0) is 15.9 Å². The van der Waals surface area contributed by atoms with E-state index in [-0.39, 0.29) is 16.9 Å². The van der Waals surface area contributed by atoms with Gasteiger partial charge in [0.25, 0.3) is 0 Å². The molecule has 1 N–H and O–H groups in total. The lowest BCUT2D eigenvalue weighted by atomic mass is 9.75. The molecule has 1 aromatic heterocycles. The number of aromatic nitrogens is 1. The number of hydrogen-bond donors (Lipinski definition) is 1. The molecule has 6 heteroatoms. The Bertz CT molecular complexity index is 1160. The van der Waals surface area contributed by atoms with Crippen molar-refractivity contribution in [2.45, 2.75) is 101 Å². The van der Waals surface area contributed by atoms with E-state index in [1.165, 1.54) is 11.1 Å². The number of carbonyl (C=O) groups excluding carboxylic acids is 1. The van der Waals surface area contributed by atoms with E-state index < -0.39 is 11.7 Å². The average molecular weight is 511 g/mol. The summed E-state index contributed by atoms with van der Waals surface area (Å²) in [6, 6.07) is 7.96. The van der Waals surface area contributed by atoms with Gasteiger partial charge in [-0.1, -0.05) is 52.3 Å². The number of hydrogen-bond acceptors (Lipinski definition) is 4. The van der Waals surface area contributed by atoms with Crippen LogP contribution in [0.3, 0.4) is 0 Å². The minimum Gasteiger partial charge on any atom is -0.443 e. The van der Waals surface area contributed by atoms with Gasteiger partial charge in [0.2, 0.25) is 0 Å². The zero-order valence-electron chi connectivity index (χ0n) is 25.3. The van der Waals surface area contributed by atoms with Crippen LogP contribution in [0.15, 0.2) is 40.9 Å². The van der Waals surface area contributed by atoms with Crippen LogP contribution in [0.2, 0.25) is 0 Å². The molecule has 0 atom stereocenters. The highest BCUT2D eigenvalue weighted by Gasteiger charge is 2.42. The summed E-state index contributed by atoms with van der Waals surface area (Å²) in [6.07, 6.45) is 4.80. The van der Waals surface area contributed by atoms with Crippen molar-refractivity contribution in [3.8, 4) is 0 Å². The van der Waals surface area contributed by atoms with E-state index in [1.54, 1.807) is 25.5 Å². The Labute approximate surface area is 224 Å². The largest absolute Gasteiger partial charge is 0.443 e. The fraction of sp³-hybridized carbons (Fsp3) is 0.548. The van der Waals surface area contributed by atoms with Crippen LogP contribution in [0.25, 0.3) is 10.9 Å². The number of rotatable bonds is 5. The summed E-state index contributed by atoms with van der Waals surface area (Å²) in [5, 5.41) is 8.55. The molecule has 1 aliphatic rings. The summed E-state index contributed by atoms with van der Waals surface area (Å²) < 4.78 is 12.5. The molecule has 3 rings (SSSR count). The van der Waals surface area contributed by atoms with Gasteiger partial charge in [-0.15, -0.1) is 0 Å². The van der Waals surface area contributed by atoms with Gasteiger partial charge in [-0.05, 0) is 78.6 Å². The Morgan fingerprint density at radius 1 is 1.03 bits per heavy atom. The highest BCUT2D eigenvalue weighted by atomic mass is 16.6. The number of ether oxygens (including phenoxy) is 2. The Balaban J connectivity index is 0.000000439. The highest BCUT2D eigenvalue weighted by molar-refractivity contribution is 6.09. The molecule has 0 amide bonds. The van der Waals surface area contributed by atoms with Gasteiger partial charge in [0.15, 0.2) is 0 Å². The number of nitrogens with one attached hydrogen (secondary N) is 1. The third-order valence-corrected chi connectivity index (χ3v) is 6.63. The molecule has 37 heavy (non-hydrogen) atoms. The van der Waals surface area contributed by atoms with E-state index >= 15 is 0 Å². The SMILES string of the molecule is CC.CCc1ccc2c(c1)cc(C(C)=NC(C)=N)n2C(=O)OC(C)(C)C.COC(C)(C)C(C)(C)C1=C[CH]1. The number of carbonyl (C=O) groups is 1. The number of allylic oxidation sites excluding steroid dienone is 1. The molecule has 0 spiro atoms.